The van der Waals surface area contributed by atoms with Crippen molar-refractivity contribution in [1.82, 2.24) is 10.8 Å². The van der Waals surface area contributed by atoms with E-state index in [-0.39, 0.29) is 18.1 Å². The van der Waals surface area contributed by atoms with Gasteiger partial charge in [0.25, 0.3) is 0 Å². The second-order valence-electron chi connectivity index (χ2n) is 4.56. The normalized spacial score (nSPS) is 27.7. The van der Waals surface area contributed by atoms with Gasteiger partial charge in [-0.25, -0.2) is 5.48 Å². The number of carbonyl (C=O) groups excluding carboxylic acids is 1. The fourth-order valence-electron chi connectivity index (χ4n) is 1.39. The van der Waals surface area contributed by atoms with Gasteiger partial charge >= 0.3 is 5.97 Å². The standard InChI is InChI=1S/C9H18N2O3/c1-9(2,3)14-8(12)7-4-6(11-13)5-10-7/h6-7,10-11,13H,4-5H2,1-3H3/t6?,7-/m0/s1. The highest BCUT2D eigenvalue weighted by atomic mass is 16.6. The summed E-state index contributed by atoms with van der Waals surface area (Å²) >= 11 is 0. The summed E-state index contributed by atoms with van der Waals surface area (Å²) in [4.78, 5) is 11.5. The molecule has 14 heavy (non-hydrogen) atoms. The molecule has 2 atom stereocenters. The molecule has 1 aliphatic heterocycles. The summed E-state index contributed by atoms with van der Waals surface area (Å²) in [7, 11) is 0. The van der Waals surface area contributed by atoms with Crippen molar-refractivity contribution in [2.75, 3.05) is 6.54 Å². The minimum Gasteiger partial charge on any atom is -0.459 e. The summed E-state index contributed by atoms with van der Waals surface area (Å²) in [6, 6.07) is -0.369. The van der Waals surface area contributed by atoms with Gasteiger partial charge in [-0.05, 0) is 27.2 Å². The van der Waals surface area contributed by atoms with E-state index in [1.165, 1.54) is 0 Å². The highest BCUT2D eigenvalue weighted by Gasteiger charge is 2.32. The summed E-state index contributed by atoms with van der Waals surface area (Å²) in [5.41, 5.74) is 1.69. The van der Waals surface area contributed by atoms with Crippen LogP contribution in [-0.2, 0) is 9.53 Å². The van der Waals surface area contributed by atoms with E-state index in [2.05, 4.69) is 10.8 Å². The zero-order chi connectivity index (χ0) is 10.8. The van der Waals surface area contributed by atoms with Crippen LogP contribution in [0.5, 0.6) is 0 Å². The van der Waals surface area contributed by atoms with E-state index in [1.54, 1.807) is 0 Å². The minimum absolute atomic E-state index is 0.0625. The summed E-state index contributed by atoms with van der Waals surface area (Å²) in [6.07, 6.45) is 0.561. The Kier molecular flexibility index (Phi) is 3.47. The van der Waals surface area contributed by atoms with Gasteiger partial charge in [0.15, 0.2) is 0 Å². The highest BCUT2D eigenvalue weighted by Crippen LogP contribution is 2.13. The van der Waals surface area contributed by atoms with Crippen molar-refractivity contribution in [3.8, 4) is 0 Å². The lowest BCUT2D eigenvalue weighted by molar-refractivity contribution is -0.157. The highest BCUT2D eigenvalue weighted by molar-refractivity contribution is 5.76. The van der Waals surface area contributed by atoms with Gasteiger partial charge in [-0.1, -0.05) is 0 Å². The SMILES string of the molecule is CC(C)(C)OC(=O)[C@@H]1CC(NO)CN1. The Morgan fingerprint density at radius 3 is 2.64 bits per heavy atom. The van der Waals surface area contributed by atoms with Gasteiger partial charge in [0, 0.05) is 12.6 Å². The molecule has 5 heteroatoms. The van der Waals surface area contributed by atoms with Gasteiger partial charge in [0.2, 0.25) is 0 Å². The van der Waals surface area contributed by atoms with Crippen LogP contribution in [-0.4, -0.2) is 35.4 Å². The van der Waals surface area contributed by atoms with E-state index in [1.807, 2.05) is 20.8 Å². The Morgan fingerprint density at radius 2 is 2.21 bits per heavy atom. The Balaban J connectivity index is 2.40. The molecule has 82 valence electrons. The number of hydrogen-bond acceptors (Lipinski definition) is 5. The van der Waals surface area contributed by atoms with E-state index >= 15 is 0 Å². The van der Waals surface area contributed by atoms with Gasteiger partial charge in [-0.3, -0.25) is 4.79 Å². The third kappa shape index (κ3) is 3.25. The molecule has 0 aromatic rings. The van der Waals surface area contributed by atoms with Crippen LogP contribution in [0.2, 0.25) is 0 Å². The fraction of sp³-hybridized carbons (Fsp3) is 0.889. The van der Waals surface area contributed by atoms with Gasteiger partial charge in [0.05, 0.1) is 0 Å². The van der Waals surface area contributed by atoms with Gasteiger partial charge in [-0.15, -0.1) is 0 Å². The van der Waals surface area contributed by atoms with Crippen molar-refractivity contribution in [2.45, 2.75) is 44.9 Å². The molecule has 0 aliphatic carbocycles. The molecule has 1 heterocycles. The molecule has 0 spiro atoms. The Bertz CT molecular complexity index is 213. The lowest BCUT2D eigenvalue weighted by Crippen LogP contribution is -2.37. The molecule has 3 N–H and O–H groups in total. The van der Waals surface area contributed by atoms with Crippen LogP contribution in [0.3, 0.4) is 0 Å². The Labute approximate surface area is 83.8 Å². The largest absolute Gasteiger partial charge is 0.459 e. The quantitative estimate of drug-likeness (QED) is 0.435. The van der Waals surface area contributed by atoms with Crippen molar-refractivity contribution in [3.63, 3.8) is 0 Å². The summed E-state index contributed by atoms with van der Waals surface area (Å²) in [6.45, 7) is 6.09. The maximum atomic E-state index is 11.5. The van der Waals surface area contributed by atoms with Crippen LogP contribution in [0.15, 0.2) is 0 Å². The van der Waals surface area contributed by atoms with E-state index in [0.717, 1.165) is 0 Å². The van der Waals surface area contributed by atoms with E-state index in [0.29, 0.717) is 13.0 Å². The number of hydrogen-bond donors (Lipinski definition) is 3. The molecule has 1 unspecified atom stereocenters. The van der Waals surface area contributed by atoms with E-state index in [4.69, 9.17) is 9.94 Å². The number of esters is 1. The molecule has 0 radical (unpaired) electrons. The molecule has 5 nitrogen and oxygen atoms in total. The number of hydroxylamine groups is 1. The zero-order valence-electron chi connectivity index (χ0n) is 8.83. The zero-order valence-corrected chi connectivity index (χ0v) is 8.83. The van der Waals surface area contributed by atoms with Crippen molar-refractivity contribution in [3.05, 3.63) is 0 Å². The van der Waals surface area contributed by atoms with Crippen molar-refractivity contribution in [1.29, 1.82) is 0 Å². The molecule has 0 bridgehead atoms. The maximum Gasteiger partial charge on any atom is 0.323 e. The summed E-state index contributed by atoms with van der Waals surface area (Å²) in [5.74, 6) is -0.254. The van der Waals surface area contributed by atoms with Gasteiger partial charge in [-0.2, -0.15) is 0 Å². The second kappa shape index (κ2) is 4.25. The van der Waals surface area contributed by atoms with Crippen LogP contribution in [0.4, 0.5) is 0 Å². The summed E-state index contributed by atoms with van der Waals surface area (Å²) < 4.78 is 5.20. The third-order valence-electron chi connectivity index (χ3n) is 2.00. The third-order valence-corrected chi connectivity index (χ3v) is 2.00. The lowest BCUT2D eigenvalue weighted by atomic mass is 10.1. The fourth-order valence-corrected chi connectivity index (χ4v) is 1.39. The molecule has 0 saturated carbocycles. The van der Waals surface area contributed by atoms with Crippen LogP contribution in [0, 0.1) is 0 Å². The number of nitrogens with one attached hydrogen (secondary N) is 2. The van der Waals surface area contributed by atoms with Crippen LogP contribution < -0.4 is 10.8 Å². The number of carbonyl (C=O) groups is 1. The predicted octanol–water partition coefficient (Wildman–Crippen LogP) is 0.0374. The first-order valence-corrected chi connectivity index (χ1v) is 4.78. The molecule has 0 aromatic heterocycles. The Morgan fingerprint density at radius 1 is 1.57 bits per heavy atom. The molecular weight excluding hydrogens is 184 g/mol. The van der Waals surface area contributed by atoms with Crippen molar-refractivity contribution < 1.29 is 14.7 Å². The van der Waals surface area contributed by atoms with Crippen LogP contribution in [0.25, 0.3) is 0 Å². The van der Waals surface area contributed by atoms with Crippen molar-refractivity contribution in [2.24, 2.45) is 0 Å². The van der Waals surface area contributed by atoms with E-state index in [9.17, 15) is 4.79 Å². The monoisotopic (exact) mass is 202 g/mol. The van der Waals surface area contributed by atoms with Gasteiger partial charge in [0.1, 0.15) is 11.6 Å². The average molecular weight is 202 g/mol. The van der Waals surface area contributed by atoms with Gasteiger partial charge < -0.3 is 15.3 Å². The molecule has 1 saturated heterocycles. The van der Waals surface area contributed by atoms with Crippen LogP contribution in [0.1, 0.15) is 27.2 Å². The topological polar surface area (TPSA) is 70.6 Å². The number of rotatable bonds is 2. The smallest absolute Gasteiger partial charge is 0.323 e. The first kappa shape index (κ1) is 11.4. The molecular formula is C9H18N2O3. The molecule has 0 aromatic carbocycles. The molecule has 1 rings (SSSR count). The second-order valence-corrected chi connectivity index (χ2v) is 4.56. The predicted molar refractivity (Wildman–Crippen MR) is 51.0 cm³/mol. The minimum atomic E-state index is -0.455. The lowest BCUT2D eigenvalue weighted by Gasteiger charge is -2.22. The van der Waals surface area contributed by atoms with Crippen LogP contribution >= 0.6 is 0 Å². The molecule has 1 fully saturated rings. The average Bonchev–Trinajstić information content (AvgIpc) is 2.48. The van der Waals surface area contributed by atoms with Crippen molar-refractivity contribution >= 4 is 5.97 Å². The molecule has 1 aliphatic rings. The maximum absolute atomic E-state index is 11.5. The molecule has 0 amide bonds. The van der Waals surface area contributed by atoms with E-state index < -0.39 is 5.60 Å². The first-order chi connectivity index (χ1) is 6.42. The Hall–Kier alpha value is -0.650. The number of ether oxygens (including phenoxy) is 1. The summed E-state index contributed by atoms with van der Waals surface area (Å²) in [5, 5.41) is 11.6. The first-order valence-electron chi connectivity index (χ1n) is 4.78.